The van der Waals surface area contributed by atoms with Crippen LogP contribution in [0, 0.1) is 0 Å². The first-order valence-corrected chi connectivity index (χ1v) is 14.1. The van der Waals surface area contributed by atoms with Gasteiger partial charge in [0, 0.05) is 19.0 Å². The van der Waals surface area contributed by atoms with E-state index in [2.05, 4.69) is 56.6 Å². The van der Waals surface area contributed by atoms with Crippen LogP contribution in [0.3, 0.4) is 0 Å². The molecule has 0 bridgehead atoms. The lowest BCUT2D eigenvalue weighted by Gasteiger charge is -2.39. The number of rotatable bonds is 7. The minimum atomic E-state index is -2.19. The summed E-state index contributed by atoms with van der Waals surface area (Å²) in [5.74, 6) is 0.657. The molecule has 1 aromatic rings. The topological polar surface area (TPSA) is 68.8 Å². The molecule has 1 saturated heterocycles. The normalized spacial score (nSPS) is 16.8. The Balaban J connectivity index is 2.06. The average Bonchev–Trinajstić information content (AvgIpc) is 2.64. The summed E-state index contributed by atoms with van der Waals surface area (Å²) in [6, 6.07) is 7.96. The van der Waals surface area contributed by atoms with Gasteiger partial charge in [0.2, 0.25) is 0 Å². The Morgan fingerprint density at radius 1 is 1.10 bits per heavy atom. The molecular weight excluding hydrogens is 428 g/mol. The van der Waals surface area contributed by atoms with E-state index in [1.54, 1.807) is 0 Å². The molecule has 0 aliphatic carbocycles. The summed E-state index contributed by atoms with van der Waals surface area (Å²) in [6.07, 6.45) is -0.771. The average molecular weight is 467 g/mol. The van der Waals surface area contributed by atoms with Crippen molar-refractivity contribution >= 4 is 31.6 Å². The van der Waals surface area contributed by atoms with E-state index in [1.807, 2.05) is 32.9 Å². The summed E-state index contributed by atoms with van der Waals surface area (Å²) in [6.45, 7) is 18.0. The third-order valence-corrected chi connectivity index (χ3v) is 10.5. The highest BCUT2D eigenvalue weighted by molar-refractivity contribution is 7.80. The molecule has 174 valence electrons. The third kappa shape index (κ3) is 7.77. The first-order chi connectivity index (χ1) is 14.2. The molecule has 0 amide bonds. The smallest absolute Gasteiger partial charge is 0.338 e. The second kappa shape index (κ2) is 9.88. The van der Waals surface area contributed by atoms with Crippen molar-refractivity contribution in [2.24, 2.45) is 0 Å². The van der Waals surface area contributed by atoms with E-state index in [-0.39, 0.29) is 17.6 Å². The minimum absolute atomic E-state index is 0.0285. The monoisotopic (exact) mass is 466 g/mol. The van der Waals surface area contributed by atoms with Crippen LogP contribution in [0.4, 0.5) is 0 Å². The zero-order valence-corrected chi connectivity index (χ0v) is 21.9. The van der Waals surface area contributed by atoms with E-state index in [0.717, 1.165) is 13.1 Å². The van der Waals surface area contributed by atoms with Crippen molar-refractivity contribution in [3.05, 3.63) is 29.8 Å². The molecule has 1 aliphatic heterocycles. The molecule has 1 unspecified atom stereocenters. The van der Waals surface area contributed by atoms with E-state index in [9.17, 15) is 4.79 Å². The number of hydrogen-bond acceptors (Lipinski definition) is 5. The van der Waals surface area contributed by atoms with Gasteiger partial charge in [-0.25, -0.2) is 4.79 Å². The fourth-order valence-corrected chi connectivity index (χ4v) is 4.26. The lowest BCUT2D eigenvalue weighted by Crippen LogP contribution is -2.49. The zero-order valence-electron chi connectivity index (χ0n) is 20.1. The van der Waals surface area contributed by atoms with Gasteiger partial charge in [-0.15, -0.1) is 0 Å². The second-order valence-electron chi connectivity index (χ2n) is 10.6. The van der Waals surface area contributed by atoms with Gasteiger partial charge < -0.3 is 24.5 Å². The van der Waals surface area contributed by atoms with Crippen LogP contribution in [0.15, 0.2) is 24.3 Å². The maximum absolute atomic E-state index is 12.8. The van der Waals surface area contributed by atoms with Gasteiger partial charge in [-0.05, 0) is 68.8 Å². The molecule has 0 radical (unpaired) electrons. The van der Waals surface area contributed by atoms with Crippen molar-refractivity contribution in [1.82, 2.24) is 10.6 Å². The zero-order chi connectivity index (χ0) is 23.4. The summed E-state index contributed by atoms with van der Waals surface area (Å²) in [4.78, 5) is 12.8. The van der Waals surface area contributed by atoms with E-state index < -0.39 is 20.0 Å². The van der Waals surface area contributed by atoms with Crippen molar-refractivity contribution in [3.8, 4) is 5.75 Å². The molecule has 8 heteroatoms. The van der Waals surface area contributed by atoms with Crippen molar-refractivity contribution < 1.29 is 18.7 Å². The van der Waals surface area contributed by atoms with Crippen LogP contribution in [0.2, 0.25) is 18.1 Å². The highest BCUT2D eigenvalue weighted by atomic mass is 32.1. The Bertz CT molecular complexity index is 759. The molecule has 2 rings (SSSR count). The Morgan fingerprint density at radius 3 is 2.13 bits per heavy atom. The Morgan fingerprint density at radius 2 is 1.65 bits per heavy atom. The largest absolute Gasteiger partial charge is 0.490 e. The Kier molecular flexibility index (Phi) is 8.16. The van der Waals surface area contributed by atoms with Crippen LogP contribution in [0.1, 0.15) is 53.0 Å². The van der Waals surface area contributed by atoms with E-state index >= 15 is 0 Å². The molecule has 1 heterocycles. The van der Waals surface area contributed by atoms with Gasteiger partial charge >= 0.3 is 5.97 Å². The van der Waals surface area contributed by atoms with Crippen LogP contribution in [-0.2, 0) is 14.0 Å². The lowest BCUT2D eigenvalue weighted by molar-refractivity contribution is -0.165. The highest BCUT2D eigenvalue weighted by Gasteiger charge is 2.42. The number of hydrogen-bond donors (Lipinski definition) is 2. The quantitative estimate of drug-likeness (QED) is 0.351. The van der Waals surface area contributed by atoms with Gasteiger partial charge in [-0.2, -0.15) is 0 Å². The van der Waals surface area contributed by atoms with Gasteiger partial charge in [0.05, 0.1) is 0 Å². The molecule has 2 N–H and O–H groups in total. The fraction of sp³-hybridized carbons (Fsp3) is 0.652. The van der Waals surface area contributed by atoms with Gasteiger partial charge in [0.15, 0.2) is 19.5 Å². The third-order valence-electron chi connectivity index (χ3n) is 5.68. The van der Waals surface area contributed by atoms with Gasteiger partial charge in [0.1, 0.15) is 18.0 Å². The molecule has 1 aliphatic rings. The summed E-state index contributed by atoms with van der Waals surface area (Å²) in [7, 11) is -2.19. The first-order valence-electron chi connectivity index (χ1n) is 10.8. The predicted molar refractivity (Wildman–Crippen MR) is 131 cm³/mol. The van der Waals surface area contributed by atoms with E-state index in [1.165, 1.54) is 5.56 Å². The number of ether oxygens (including phenoxy) is 2. The van der Waals surface area contributed by atoms with Crippen LogP contribution in [0.25, 0.3) is 0 Å². The highest BCUT2D eigenvalue weighted by Crippen LogP contribution is 2.37. The van der Waals surface area contributed by atoms with Crippen molar-refractivity contribution in [2.45, 2.75) is 77.3 Å². The molecule has 0 spiro atoms. The minimum Gasteiger partial charge on any atom is -0.490 e. The molecule has 1 atom stereocenters. The van der Waals surface area contributed by atoms with E-state index in [4.69, 9.17) is 26.1 Å². The van der Waals surface area contributed by atoms with Crippen LogP contribution < -0.4 is 15.4 Å². The lowest BCUT2D eigenvalue weighted by atomic mass is 9.98. The summed E-state index contributed by atoms with van der Waals surface area (Å²) in [5, 5.41) is 7.02. The molecule has 0 aromatic heterocycles. The van der Waals surface area contributed by atoms with Crippen LogP contribution in [0.5, 0.6) is 5.75 Å². The fourth-order valence-electron chi connectivity index (χ4n) is 2.86. The second-order valence-corrected chi connectivity index (χ2v) is 15.7. The van der Waals surface area contributed by atoms with Crippen LogP contribution in [-0.4, -0.2) is 50.8 Å². The molecule has 31 heavy (non-hydrogen) atoms. The Hall–Kier alpha value is -1.64. The molecule has 1 fully saturated rings. The number of nitrogens with one attached hydrogen (secondary N) is 2. The van der Waals surface area contributed by atoms with Crippen molar-refractivity contribution in [3.63, 3.8) is 0 Å². The molecule has 1 aromatic carbocycles. The number of carbonyl (C=O) groups is 1. The maximum Gasteiger partial charge on any atom is 0.338 e. The van der Waals surface area contributed by atoms with Crippen molar-refractivity contribution in [2.75, 3.05) is 19.7 Å². The summed E-state index contributed by atoms with van der Waals surface area (Å²) < 4.78 is 17.9. The number of carbonyl (C=O) groups excluding carboxylic acids is 1. The number of benzene rings is 1. The first kappa shape index (κ1) is 25.6. The maximum atomic E-state index is 12.8. The van der Waals surface area contributed by atoms with Crippen LogP contribution >= 0.6 is 12.2 Å². The predicted octanol–water partition coefficient (Wildman–Crippen LogP) is 4.36. The van der Waals surface area contributed by atoms with Gasteiger partial charge in [-0.1, -0.05) is 32.9 Å². The van der Waals surface area contributed by atoms with Gasteiger partial charge in [0.25, 0.3) is 0 Å². The standard InChI is InChI=1S/C23H38N2O4SSi/c1-22(2,3)28-20(26)19(29-31(7,8)23(4,5)6)15-27-18-11-9-16(10-12-18)17-13-24-21(30)25-14-17/h9-12,17,19H,13-15H2,1-8H3,(H2,24,25,30). The number of thiocarbonyl (C=S) groups is 1. The number of esters is 1. The molecule has 6 nitrogen and oxygen atoms in total. The SMILES string of the molecule is CC(C)(C)OC(=O)C(COc1ccc(C2CNC(=S)NC2)cc1)O[Si](C)(C)C(C)(C)C. The van der Waals surface area contributed by atoms with Gasteiger partial charge in [-0.3, -0.25) is 0 Å². The molecule has 0 saturated carbocycles. The van der Waals surface area contributed by atoms with E-state index in [0.29, 0.717) is 16.8 Å². The Labute approximate surface area is 193 Å². The summed E-state index contributed by atoms with van der Waals surface area (Å²) >= 11 is 5.11. The van der Waals surface area contributed by atoms with Crippen molar-refractivity contribution in [1.29, 1.82) is 0 Å². The summed E-state index contributed by atoms with van der Waals surface area (Å²) in [5.41, 5.74) is 0.620. The molecular formula is C23H38N2O4SSi.